The molecule has 170 valence electrons. The van der Waals surface area contributed by atoms with Crippen molar-refractivity contribution in [3.8, 4) is 5.75 Å². The van der Waals surface area contributed by atoms with E-state index in [-0.39, 0.29) is 30.2 Å². The maximum Gasteiger partial charge on any atom is 0.321 e. The molecule has 6 heteroatoms. The molecule has 2 aromatic carbocycles. The van der Waals surface area contributed by atoms with E-state index < -0.39 is 0 Å². The second kappa shape index (κ2) is 9.90. The zero-order valence-electron chi connectivity index (χ0n) is 19.8. The van der Waals surface area contributed by atoms with Crippen molar-refractivity contribution < 1.29 is 9.53 Å². The Labute approximate surface area is 189 Å². The maximum atomic E-state index is 13.7. The van der Waals surface area contributed by atoms with Gasteiger partial charge in [0.1, 0.15) is 5.75 Å². The molecule has 0 bridgehead atoms. The van der Waals surface area contributed by atoms with Crippen LogP contribution in [0.1, 0.15) is 44.4 Å². The van der Waals surface area contributed by atoms with Crippen LogP contribution in [0.25, 0.3) is 10.9 Å². The summed E-state index contributed by atoms with van der Waals surface area (Å²) in [6, 6.07) is 15.4. The number of pyridine rings is 1. The fraction of sp³-hybridized carbons (Fsp3) is 0.385. The van der Waals surface area contributed by atoms with Crippen LogP contribution in [-0.2, 0) is 13.1 Å². The SMILES string of the molecule is COc1ccccc1CN(Cc1cc2cc(C)ccc2[nH]c1=O)C(=O)N(C(C)C)C(C)C. The highest BCUT2D eigenvalue weighted by atomic mass is 16.5. The van der Waals surface area contributed by atoms with Gasteiger partial charge in [0.15, 0.2) is 0 Å². The molecule has 0 aliphatic carbocycles. The van der Waals surface area contributed by atoms with Crippen molar-refractivity contribution in [1.29, 1.82) is 0 Å². The number of amides is 2. The number of urea groups is 1. The molecule has 6 nitrogen and oxygen atoms in total. The third kappa shape index (κ3) is 5.13. The highest BCUT2D eigenvalue weighted by Crippen LogP contribution is 2.23. The zero-order valence-corrected chi connectivity index (χ0v) is 19.8. The van der Waals surface area contributed by atoms with Gasteiger partial charge < -0.3 is 19.5 Å². The third-order valence-corrected chi connectivity index (χ3v) is 5.60. The van der Waals surface area contributed by atoms with Crippen LogP contribution >= 0.6 is 0 Å². The van der Waals surface area contributed by atoms with E-state index in [1.54, 1.807) is 12.0 Å². The molecule has 1 heterocycles. The first-order valence-corrected chi connectivity index (χ1v) is 11.0. The van der Waals surface area contributed by atoms with Crippen LogP contribution < -0.4 is 10.3 Å². The average molecular weight is 436 g/mol. The van der Waals surface area contributed by atoms with E-state index in [0.29, 0.717) is 17.9 Å². The molecular weight excluding hydrogens is 402 g/mol. The van der Waals surface area contributed by atoms with Gasteiger partial charge in [-0.1, -0.05) is 29.8 Å². The molecule has 2 amide bonds. The topological polar surface area (TPSA) is 65.6 Å². The lowest BCUT2D eigenvalue weighted by Gasteiger charge is -2.36. The lowest BCUT2D eigenvalue weighted by Crippen LogP contribution is -2.49. The van der Waals surface area contributed by atoms with Crippen molar-refractivity contribution >= 4 is 16.9 Å². The maximum absolute atomic E-state index is 13.7. The van der Waals surface area contributed by atoms with Crippen molar-refractivity contribution in [1.82, 2.24) is 14.8 Å². The van der Waals surface area contributed by atoms with E-state index in [9.17, 15) is 9.59 Å². The van der Waals surface area contributed by atoms with Gasteiger partial charge in [-0.2, -0.15) is 0 Å². The molecule has 1 N–H and O–H groups in total. The first kappa shape index (κ1) is 23.4. The highest BCUT2D eigenvalue weighted by molar-refractivity contribution is 5.80. The Hall–Kier alpha value is -3.28. The van der Waals surface area contributed by atoms with Gasteiger partial charge in [0, 0.05) is 28.7 Å². The molecule has 0 spiro atoms. The minimum Gasteiger partial charge on any atom is -0.496 e. The first-order valence-electron chi connectivity index (χ1n) is 11.0. The summed E-state index contributed by atoms with van der Waals surface area (Å²) in [6.45, 7) is 10.6. The number of hydrogen-bond acceptors (Lipinski definition) is 3. The number of para-hydroxylation sites is 1. The Morgan fingerprint density at radius 3 is 2.28 bits per heavy atom. The number of H-pyrrole nitrogens is 1. The van der Waals surface area contributed by atoms with Crippen LogP contribution in [0, 0.1) is 6.92 Å². The number of nitrogens with one attached hydrogen (secondary N) is 1. The second-order valence-corrected chi connectivity index (χ2v) is 8.76. The molecule has 0 aliphatic rings. The molecule has 0 radical (unpaired) electrons. The first-order chi connectivity index (χ1) is 15.2. The highest BCUT2D eigenvalue weighted by Gasteiger charge is 2.27. The Morgan fingerprint density at radius 1 is 0.969 bits per heavy atom. The van der Waals surface area contributed by atoms with Crippen molar-refractivity contribution in [3.63, 3.8) is 0 Å². The van der Waals surface area contributed by atoms with E-state index in [2.05, 4.69) is 4.98 Å². The number of hydrogen-bond donors (Lipinski definition) is 1. The summed E-state index contributed by atoms with van der Waals surface area (Å²) >= 11 is 0. The number of benzene rings is 2. The molecule has 0 saturated heterocycles. The number of nitrogens with zero attached hydrogens (tertiary/aromatic N) is 2. The molecule has 1 aromatic heterocycles. The van der Waals surface area contributed by atoms with Gasteiger partial charge in [-0.25, -0.2) is 4.79 Å². The lowest BCUT2D eigenvalue weighted by molar-refractivity contribution is 0.119. The Morgan fingerprint density at radius 2 is 1.62 bits per heavy atom. The van der Waals surface area contributed by atoms with Gasteiger partial charge in [0.2, 0.25) is 0 Å². The number of methoxy groups -OCH3 is 1. The normalized spacial score (nSPS) is 11.2. The van der Waals surface area contributed by atoms with E-state index in [0.717, 1.165) is 22.0 Å². The number of aromatic nitrogens is 1. The summed E-state index contributed by atoms with van der Waals surface area (Å²) in [5, 5.41) is 0.953. The smallest absolute Gasteiger partial charge is 0.321 e. The number of fused-ring (bicyclic) bond motifs is 1. The standard InChI is InChI=1S/C26H33N3O3/c1-17(2)29(18(3)4)26(31)28(15-20-9-7-8-10-24(20)32-6)16-22-14-21-13-19(5)11-12-23(21)27-25(22)30/h7-14,17-18H,15-16H2,1-6H3,(H,27,30). The summed E-state index contributed by atoms with van der Waals surface area (Å²) in [5.41, 5.74) is 3.17. The van der Waals surface area contributed by atoms with Gasteiger partial charge in [-0.15, -0.1) is 0 Å². The van der Waals surface area contributed by atoms with Crippen molar-refractivity contribution in [2.45, 2.75) is 59.8 Å². The molecular formula is C26H33N3O3. The van der Waals surface area contributed by atoms with Crippen molar-refractivity contribution in [2.75, 3.05) is 7.11 Å². The van der Waals surface area contributed by atoms with E-state index in [4.69, 9.17) is 4.74 Å². The molecule has 0 aliphatic heterocycles. The second-order valence-electron chi connectivity index (χ2n) is 8.76. The summed E-state index contributed by atoms with van der Waals surface area (Å²) < 4.78 is 5.51. The largest absolute Gasteiger partial charge is 0.496 e. The van der Waals surface area contributed by atoms with Gasteiger partial charge in [-0.3, -0.25) is 4.79 Å². The van der Waals surface area contributed by atoms with Crippen LogP contribution in [0.4, 0.5) is 4.79 Å². The quantitative estimate of drug-likeness (QED) is 0.562. The molecule has 0 fully saturated rings. The van der Waals surface area contributed by atoms with E-state index in [1.807, 2.05) is 88.0 Å². The summed E-state index contributed by atoms with van der Waals surface area (Å²) in [6.07, 6.45) is 0. The summed E-state index contributed by atoms with van der Waals surface area (Å²) in [7, 11) is 1.62. The average Bonchev–Trinajstić information content (AvgIpc) is 2.73. The van der Waals surface area contributed by atoms with Crippen molar-refractivity contribution in [3.05, 3.63) is 75.6 Å². The number of aryl methyl sites for hydroxylation is 1. The van der Waals surface area contributed by atoms with Crippen LogP contribution in [0.2, 0.25) is 0 Å². The van der Waals surface area contributed by atoms with Crippen molar-refractivity contribution in [2.24, 2.45) is 0 Å². The molecule has 3 aromatic rings. The number of aromatic amines is 1. The van der Waals surface area contributed by atoms with Crippen LogP contribution in [0.5, 0.6) is 5.75 Å². The fourth-order valence-electron chi connectivity index (χ4n) is 4.13. The van der Waals surface area contributed by atoms with E-state index >= 15 is 0 Å². The fourth-order valence-corrected chi connectivity index (χ4v) is 4.13. The molecule has 0 unspecified atom stereocenters. The number of carbonyl (C=O) groups excluding carboxylic acids is 1. The predicted molar refractivity (Wildman–Crippen MR) is 129 cm³/mol. The van der Waals surface area contributed by atoms with Crippen LogP contribution in [0.15, 0.2) is 53.3 Å². The predicted octanol–water partition coefficient (Wildman–Crippen LogP) is 5.09. The third-order valence-electron chi connectivity index (χ3n) is 5.60. The molecule has 3 rings (SSSR count). The zero-order chi connectivity index (χ0) is 23.4. The molecule has 0 saturated carbocycles. The number of rotatable bonds is 7. The lowest BCUT2D eigenvalue weighted by atomic mass is 10.1. The van der Waals surface area contributed by atoms with Gasteiger partial charge in [-0.05, 0) is 64.3 Å². The van der Waals surface area contributed by atoms with Gasteiger partial charge >= 0.3 is 6.03 Å². The van der Waals surface area contributed by atoms with Crippen LogP contribution in [0.3, 0.4) is 0 Å². The summed E-state index contributed by atoms with van der Waals surface area (Å²) in [5.74, 6) is 0.717. The Kier molecular flexibility index (Phi) is 7.23. The van der Waals surface area contributed by atoms with Crippen LogP contribution in [-0.4, -0.2) is 40.0 Å². The minimum atomic E-state index is -0.181. The molecule has 32 heavy (non-hydrogen) atoms. The number of ether oxygens (including phenoxy) is 1. The summed E-state index contributed by atoms with van der Waals surface area (Å²) in [4.78, 5) is 33.0. The monoisotopic (exact) mass is 435 g/mol. The van der Waals surface area contributed by atoms with E-state index in [1.165, 1.54) is 0 Å². The Balaban J connectivity index is 2.04. The van der Waals surface area contributed by atoms with Gasteiger partial charge in [0.25, 0.3) is 5.56 Å². The molecule has 0 atom stereocenters. The number of carbonyl (C=O) groups is 1. The van der Waals surface area contributed by atoms with Gasteiger partial charge in [0.05, 0.1) is 20.2 Å². The minimum absolute atomic E-state index is 0.0280. The Bertz CT molecular complexity index is 1140.